The van der Waals surface area contributed by atoms with Crippen molar-refractivity contribution in [2.75, 3.05) is 25.6 Å². The number of rotatable bonds is 9. The van der Waals surface area contributed by atoms with Gasteiger partial charge in [0.25, 0.3) is 0 Å². The highest BCUT2D eigenvalue weighted by Crippen LogP contribution is 2.60. The number of carbonyl (C=O) groups excluding carboxylic acids is 2. The molecule has 1 spiro atoms. The summed E-state index contributed by atoms with van der Waals surface area (Å²) in [6.07, 6.45) is 3.30. The fourth-order valence-electron chi connectivity index (χ4n) is 7.52. The van der Waals surface area contributed by atoms with E-state index in [4.69, 9.17) is 9.47 Å². The molecule has 6 rings (SSSR count). The van der Waals surface area contributed by atoms with Crippen LogP contribution in [0.15, 0.2) is 96.2 Å². The van der Waals surface area contributed by atoms with Gasteiger partial charge in [0.05, 0.1) is 30.3 Å². The normalized spacial score (nSPS) is 23.7. The van der Waals surface area contributed by atoms with E-state index in [1.807, 2.05) is 18.2 Å². The van der Waals surface area contributed by atoms with Crippen LogP contribution in [0.25, 0.3) is 0 Å². The molecular formula is C35H38N2O4. The molecule has 1 aliphatic carbocycles. The van der Waals surface area contributed by atoms with Crippen molar-refractivity contribution in [1.29, 1.82) is 0 Å². The molecule has 6 nitrogen and oxygen atoms in total. The molecule has 0 radical (unpaired) electrons. The molecule has 3 aromatic carbocycles. The second-order valence-corrected chi connectivity index (χ2v) is 11.6. The van der Waals surface area contributed by atoms with Gasteiger partial charge in [0, 0.05) is 30.5 Å². The number of benzene rings is 3. The molecule has 3 aromatic rings. The number of nitrogens with zero attached hydrogens (tertiary/aromatic N) is 1. The van der Waals surface area contributed by atoms with Crippen LogP contribution in [0.3, 0.4) is 0 Å². The second-order valence-electron chi connectivity index (χ2n) is 11.6. The van der Waals surface area contributed by atoms with E-state index in [-0.39, 0.29) is 35.2 Å². The lowest BCUT2D eigenvalue weighted by Gasteiger charge is -2.46. The highest BCUT2D eigenvalue weighted by atomic mass is 16.5. The van der Waals surface area contributed by atoms with E-state index in [1.54, 1.807) is 12.1 Å². The highest BCUT2D eigenvalue weighted by molar-refractivity contribution is 5.93. The summed E-state index contributed by atoms with van der Waals surface area (Å²) >= 11 is 0. The standard InChI is InChI=1S/C35H38N2O4/c1-3-24(23-41-33(38)26-14-8-5-9-15-26)20-27-21-28(34(39)40-2)31-35(29-16-10-11-17-30(29)36-31)18-19-37(32(27)35)22-25-12-6-4-7-13-25/h4-17,24,27,32,36H,3,18-23H2,1-2H3/t24-,27+,32-,35-/m0/s1. The molecule has 6 heteroatoms. The molecule has 0 bridgehead atoms. The predicted molar refractivity (Wildman–Crippen MR) is 159 cm³/mol. The third-order valence-corrected chi connectivity index (χ3v) is 9.35. The zero-order valence-electron chi connectivity index (χ0n) is 23.8. The fourth-order valence-corrected chi connectivity index (χ4v) is 7.52. The van der Waals surface area contributed by atoms with Crippen molar-refractivity contribution in [3.63, 3.8) is 0 Å². The maximum Gasteiger partial charge on any atom is 0.338 e. The molecule has 1 saturated heterocycles. The molecule has 0 amide bonds. The zero-order chi connectivity index (χ0) is 28.4. The lowest BCUT2D eigenvalue weighted by atomic mass is 9.62. The monoisotopic (exact) mass is 550 g/mol. The van der Waals surface area contributed by atoms with Crippen LogP contribution in [0.1, 0.15) is 54.1 Å². The van der Waals surface area contributed by atoms with E-state index >= 15 is 0 Å². The van der Waals surface area contributed by atoms with Crippen LogP contribution in [0.4, 0.5) is 5.69 Å². The summed E-state index contributed by atoms with van der Waals surface area (Å²) in [5.74, 6) is -0.184. The molecule has 212 valence electrons. The van der Waals surface area contributed by atoms with Crippen molar-refractivity contribution in [2.24, 2.45) is 11.8 Å². The number of nitrogens with one attached hydrogen (secondary N) is 1. The van der Waals surface area contributed by atoms with Crippen LogP contribution < -0.4 is 5.32 Å². The first-order valence-electron chi connectivity index (χ1n) is 14.7. The van der Waals surface area contributed by atoms with Crippen molar-refractivity contribution in [2.45, 2.75) is 50.6 Å². The fraction of sp³-hybridized carbons (Fsp3) is 0.371. The van der Waals surface area contributed by atoms with Crippen molar-refractivity contribution in [1.82, 2.24) is 4.90 Å². The van der Waals surface area contributed by atoms with Gasteiger partial charge in [0.2, 0.25) is 0 Å². The van der Waals surface area contributed by atoms with E-state index in [1.165, 1.54) is 18.2 Å². The summed E-state index contributed by atoms with van der Waals surface area (Å²) in [4.78, 5) is 28.7. The summed E-state index contributed by atoms with van der Waals surface area (Å²) in [7, 11) is 1.47. The van der Waals surface area contributed by atoms with Crippen LogP contribution in [0.2, 0.25) is 0 Å². The minimum atomic E-state index is -0.309. The number of hydrogen-bond acceptors (Lipinski definition) is 6. The van der Waals surface area contributed by atoms with Gasteiger partial charge in [-0.1, -0.05) is 80.1 Å². The summed E-state index contributed by atoms with van der Waals surface area (Å²) in [6, 6.07) is 28.5. The molecule has 4 atom stereocenters. The Morgan fingerprint density at radius 1 is 0.976 bits per heavy atom. The molecule has 0 unspecified atom stereocenters. The van der Waals surface area contributed by atoms with Gasteiger partial charge in [-0.2, -0.15) is 0 Å². The first kappa shape index (κ1) is 27.3. The number of methoxy groups -OCH3 is 1. The Morgan fingerprint density at radius 3 is 2.41 bits per heavy atom. The summed E-state index contributed by atoms with van der Waals surface area (Å²) in [5, 5.41) is 3.68. The highest BCUT2D eigenvalue weighted by Gasteiger charge is 2.61. The van der Waals surface area contributed by atoms with Crippen molar-refractivity contribution >= 4 is 17.6 Å². The summed E-state index contributed by atoms with van der Waals surface area (Å²) in [5.41, 5.74) is 5.67. The number of esters is 2. The van der Waals surface area contributed by atoms with Crippen LogP contribution in [-0.4, -0.2) is 43.1 Å². The zero-order valence-corrected chi connectivity index (χ0v) is 23.8. The quantitative estimate of drug-likeness (QED) is 0.314. The summed E-state index contributed by atoms with van der Waals surface area (Å²) in [6.45, 7) is 4.30. The van der Waals surface area contributed by atoms with E-state index in [0.29, 0.717) is 18.6 Å². The molecule has 41 heavy (non-hydrogen) atoms. The average Bonchev–Trinajstić information content (AvgIpc) is 3.57. The number of carbonyl (C=O) groups is 2. The maximum atomic E-state index is 13.3. The van der Waals surface area contributed by atoms with Gasteiger partial charge in [-0.15, -0.1) is 0 Å². The molecule has 0 saturated carbocycles. The molecule has 2 aliphatic heterocycles. The van der Waals surface area contributed by atoms with Crippen LogP contribution in [0.5, 0.6) is 0 Å². The number of fused-ring (bicyclic) bond motifs is 1. The molecule has 2 heterocycles. The van der Waals surface area contributed by atoms with E-state index in [0.717, 1.165) is 49.3 Å². The van der Waals surface area contributed by atoms with Gasteiger partial charge in [-0.25, -0.2) is 9.59 Å². The summed E-state index contributed by atoms with van der Waals surface area (Å²) < 4.78 is 11.2. The Kier molecular flexibility index (Phi) is 7.67. The van der Waals surface area contributed by atoms with Gasteiger partial charge in [0.1, 0.15) is 0 Å². The Balaban J connectivity index is 1.35. The lowest BCUT2D eigenvalue weighted by molar-refractivity contribution is -0.136. The minimum Gasteiger partial charge on any atom is -0.466 e. The first-order valence-corrected chi connectivity index (χ1v) is 14.7. The maximum absolute atomic E-state index is 13.3. The SMILES string of the molecule is CC[C@H](COC(=O)c1ccccc1)C[C@@H]1CC(C(=O)OC)=C2Nc3ccccc3[C@@]23CCN(Cc2ccccc2)[C@@H]13. The number of ether oxygens (including phenoxy) is 2. The van der Waals surface area contributed by atoms with Gasteiger partial charge >= 0.3 is 11.9 Å². The Labute approximate surface area is 242 Å². The average molecular weight is 551 g/mol. The first-order chi connectivity index (χ1) is 20.0. The third kappa shape index (κ3) is 4.95. The lowest BCUT2D eigenvalue weighted by Crippen LogP contribution is -2.52. The molecule has 3 aliphatic rings. The second kappa shape index (κ2) is 11.5. The number of anilines is 1. The molecule has 0 aromatic heterocycles. The van der Waals surface area contributed by atoms with Crippen LogP contribution in [0, 0.1) is 11.8 Å². The number of para-hydroxylation sites is 1. The number of hydrogen-bond donors (Lipinski definition) is 1. The van der Waals surface area contributed by atoms with Crippen molar-refractivity contribution in [3.8, 4) is 0 Å². The minimum absolute atomic E-state index is 0.175. The predicted octanol–water partition coefficient (Wildman–Crippen LogP) is 6.34. The van der Waals surface area contributed by atoms with Gasteiger partial charge < -0.3 is 14.8 Å². The smallest absolute Gasteiger partial charge is 0.338 e. The van der Waals surface area contributed by atoms with Crippen molar-refractivity contribution < 1.29 is 19.1 Å². The van der Waals surface area contributed by atoms with E-state index < -0.39 is 0 Å². The van der Waals surface area contributed by atoms with Crippen LogP contribution >= 0.6 is 0 Å². The van der Waals surface area contributed by atoms with Gasteiger partial charge in [-0.3, -0.25) is 4.90 Å². The number of likely N-dealkylation sites (tertiary alicyclic amines) is 1. The largest absolute Gasteiger partial charge is 0.466 e. The van der Waals surface area contributed by atoms with Crippen LogP contribution in [-0.2, 0) is 26.2 Å². The third-order valence-electron chi connectivity index (χ3n) is 9.35. The van der Waals surface area contributed by atoms with Gasteiger partial charge in [-0.05, 0) is 60.4 Å². The Hall–Kier alpha value is -3.90. The molecule has 1 fully saturated rings. The molecule has 1 N–H and O–H groups in total. The van der Waals surface area contributed by atoms with Gasteiger partial charge in [0.15, 0.2) is 0 Å². The van der Waals surface area contributed by atoms with Crippen molar-refractivity contribution in [3.05, 3.63) is 113 Å². The Bertz CT molecular complexity index is 1440. The van der Waals surface area contributed by atoms with E-state index in [9.17, 15) is 9.59 Å². The topological polar surface area (TPSA) is 67.9 Å². The van der Waals surface area contributed by atoms with E-state index in [2.05, 4.69) is 71.7 Å². The molecular weight excluding hydrogens is 512 g/mol. The Morgan fingerprint density at radius 2 is 1.68 bits per heavy atom.